The van der Waals surface area contributed by atoms with E-state index in [1.807, 2.05) is 0 Å². The fourth-order valence-electron chi connectivity index (χ4n) is 3.26. The molecule has 17 heavy (non-hydrogen) atoms. The Morgan fingerprint density at radius 1 is 1.29 bits per heavy atom. The summed E-state index contributed by atoms with van der Waals surface area (Å²) < 4.78 is 20.2. The molecule has 1 saturated heterocycles. The van der Waals surface area contributed by atoms with Gasteiger partial charge in [-0.25, -0.2) is 4.39 Å². The molecule has 0 aromatic carbocycles. The van der Waals surface area contributed by atoms with Gasteiger partial charge in [-0.05, 0) is 38.0 Å². The number of nitrogens with one attached hydrogen (secondary N) is 1. The monoisotopic (exact) mass is 243 g/mol. The summed E-state index contributed by atoms with van der Waals surface area (Å²) in [5, 5.41) is 3.36. The van der Waals surface area contributed by atoms with Crippen LogP contribution in [-0.4, -0.2) is 31.5 Å². The summed E-state index contributed by atoms with van der Waals surface area (Å²) >= 11 is 0. The van der Waals surface area contributed by atoms with E-state index < -0.39 is 5.67 Å². The van der Waals surface area contributed by atoms with Crippen molar-refractivity contribution in [3.05, 3.63) is 0 Å². The molecule has 2 fully saturated rings. The summed E-state index contributed by atoms with van der Waals surface area (Å²) in [7, 11) is 0. The minimum absolute atomic E-state index is 0.207. The van der Waals surface area contributed by atoms with Crippen molar-refractivity contribution in [2.75, 3.05) is 19.8 Å². The summed E-state index contributed by atoms with van der Waals surface area (Å²) in [5.74, 6) is 1.04. The predicted molar refractivity (Wildman–Crippen MR) is 67.9 cm³/mol. The van der Waals surface area contributed by atoms with Crippen LogP contribution in [0.4, 0.5) is 4.39 Å². The van der Waals surface area contributed by atoms with Crippen molar-refractivity contribution in [3.63, 3.8) is 0 Å². The van der Waals surface area contributed by atoms with Crippen LogP contribution in [0.15, 0.2) is 0 Å². The number of ether oxygens (including phenoxy) is 1. The minimum Gasteiger partial charge on any atom is -0.379 e. The Bertz CT molecular complexity index is 230. The second-order valence-corrected chi connectivity index (χ2v) is 6.16. The summed E-state index contributed by atoms with van der Waals surface area (Å²) in [6.07, 6.45) is 5.10. The van der Waals surface area contributed by atoms with E-state index in [0.29, 0.717) is 13.0 Å². The highest BCUT2D eigenvalue weighted by Crippen LogP contribution is 2.39. The molecule has 0 radical (unpaired) electrons. The molecule has 0 aromatic rings. The van der Waals surface area contributed by atoms with Gasteiger partial charge in [-0.1, -0.05) is 19.8 Å². The van der Waals surface area contributed by atoms with Gasteiger partial charge in [0.2, 0.25) is 0 Å². The van der Waals surface area contributed by atoms with Crippen molar-refractivity contribution in [1.29, 1.82) is 0 Å². The SMILES string of the molecule is CC1CCC(C(C)(F)CC2COCCN2)CC1. The molecule has 0 amide bonds. The zero-order valence-electron chi connectivity index (χ0n) is 11.2. The second-order valence-electron chi connectivity index (χ2n) is 6.16. The van der Waals surface area contributed by atoms with E-state index >= 15 is 0 Å². The zero-order valence-corrected chi connectivity index (χ0v) is 11.2. The largest absolute Gasteiger partial charge is 0.379 e. The lowest BCUT2D eigenvalue weighted by molar-refractivity contribution is 0.0120. The Balaban J connectivity index is 1.84. The lowest BCUT2D eigenvalue weighted by Crippen LogP contribution is -2.47. The highest BCUT2D eigenvalue weighted by molar-refractivity contribution is 4.90. The lowest BCUT2D eigenvalue weighted by atomic mass is 9.73. The third kappa shape index (κ3) is 3.65. The van der Waals surface area contributed by atoms with E-state index in [-0.39, 0.29) is 12.0 Å². The molecule has 2 rings (SSSR count). The molecule has 1 aliphatic heterocycles. The van der Waals surface area contributed by atoms with Gasteiger partial charge in [-0.2, -0.15) is 0 Å². The minimum atomic E-state index is -1.03. The van der Waals surface area contributed by atoms with E-state index in [4.69, 9.17) is 4.74 Å². The molecular weight excluding hydrogens is 217 g/mol. The van der Waals surface area contributed by atoms with Gasteiger partial charge < -0.3 is 10.1 Å². The summed E-state index contributed by atoms with van der Waals surface area (Å²) in [4.78, 5) is 0. The molecule has 0 bridgehead atoms. The average Bonchev–Trinajstić information content (AvgIpc) is 2.30. The van der Waals surface area contributed by atoms with Crippen LogP contribution < -0.4 is 5.32 Å². The van der Waals surface area contributed by atoms with Gasteiger partial charge in [0.05, 0.1) is 13.2 Å². The van der Waals surface area contributed by atoms with Crippen molar-refractivity contribution in [3.8, 4) is 0 Å². The third-order valence-electron chi connectivity index (χ3n) is 4.51. The number of alkyl halides is 1. The van der Waals surface area contributed by atoms with Crippen LogP contribution in [0.5, 0.6) is 0 Å². The molecule has 1 aliphatic carbocycles. The average molecular weight is 243 g/mol. The first-order valence-corrected chi connectivity index (χ1v) is 7.08. The van der Waals surface area contributed by atoms with Gasteiger partial charge in [0, 0.05) is 12.6 Å². The molecule has 3 heteroatoms. The van der Waals surface area contributed by atoms with Crippen molar-refractivity contribution in [1.82, 2.24) is 5.32 Å². The van der Waals surface area contributed by atoms with E-state index in [2.05, 4.69) is 12.2 Å². The van der Waals surface area contributed by atoms with Crippen LogP contribution in [-0.2, 0) is 4.74 Å². The third-order valence-corrected chi connectivity index (χ3v) is 4.51. The Morgan fingerprint density at radius 2 is 2.00 bits per heavy atom. The number of halogens is 1. The fraction of sp³-hybridized carbons (Fsp3) is 1.00. The normalized spacial score (nSPS) is 38.6. The highest BCUT2D eigenvalue weighted by Gasteiger charge is 2.38. The highest BCUT2D eigenvalue weighted by atomic mass is 19.1. The molecule has 1 N–H and O–H groups in total. The predicted octanol–water partition coefficient (Wildman–Crippen LogP) is 2.92. The molecule has 1 heterocycles. The molecule has 0 aromatic heterocycles. The molecule has 2 unspecified atom stereocenters. The maximum Gasteiger partial charge on any atom is 0.112 e. The lowest BCUT2D eigenvalue weighted by Gasteiger charge is -2.38. The van der Waals surface area contributed by atoms with E-state index in [1.165, 1.54) is 12.8 Å². The van der Waals surface area contributed by atoms with Crippen LogP contribution in [0.1, 0.15) is 46.0 Å². The van der Waals surface area contributed by atoms with Crippen molar-refractivity contribution < 1.29 is 9.13 Å². The van der Waals surface area contributed by atoms with Gasteiger partial charge in [0.1, 0.15) is 5.67 Å². The number of morpholine rings is 1. The molecule has 1 saturated carbocycles. The van der Waals surface area contributed by atoms with Crippen LogP contribution in [0.2, 0.25) is 0 Å². The maximum absolute atomic E-state index is 14.8. The van der Waals surface area contributed by atoms with Crippen LogP contribution in [0.3, 0.4) is 0 Å². The Labute approximate surface area is 104 Å². The Hall–Kier alpha value is -0.150. The first-order chi connectivity index (χ1) is 8.08. The van der Waals surface area contributed by atoms with Crippen molar-refractivity contribution in [2.24, 2.45) is 11.8 Å². The number of rotatable bonds is 3. The zero-order chi connectivity index (χ0) is 12.3. The van der Waals surface area contributed by atoms with Crippen LogP contribution in [0, 0.1) is 11.8 Å². The van der Waals surface area contributed by atoms with Gasteiger partial charge in [0.25, 0.3) is 0 Å². The van der Waals surface area contributed by atoms with Crippen LogP contribution in [0.25, 0.3) is 0 Å². The van der Waals surface area contributed by atoms with Gasteiger partial charge >= 0.3 is 0 Å². The summed E-state index contributed by atoms with van der Waals surface area (Å²) in [6, 6.07) is 0.207. The smallest absolute Gasteiger partial charge is 0.112 e. The first kappa shape index (κ1) is 13.3. The number of hydrogen-bond donors (Lipinski definition) is 1. The molecule has 100 valence electrons. The maximum atomic E-state index is 14.8. The first-order valence-electron chi connectivity index (χ1n) is 7.08. The summed E-state index contributed by atoms with van der Waals surface area (Å²) in [5.41, 5.74) is -1.03. The van der Waals surface area contributed by atoms with E-state index in [1.54, 1.807) is 6.92 Å². The molecule has 2 nitrogen and oxygen atoms in total. The van der Waals surface area contributed by atoms with Gasteiger partial charge in [-0.15, -0.1) is 0 Å². The molecule has 2 aliphatic rings. The van der Waals surface area contributed by atoms with Crippen LogP contribution >= 0.6 is 0 Å². The van der Waals surface area contributed by atoms with Crippen molar-refractivity contribution >= 4 is 0 Å². The standard InChI is InChI=1S/C14H26FNO/c1-11-3-5-12(6-4-11)14(2,15)9-13-10-17-8-7-16-13/h11-13,16H,3-10H2,1-2H3. The molecule has 2 atom stereocenters. The van der Waals surface area contributed by atoms with Gasteiger partial charge in [-0.3, -0.25) is 0 Å². The van der Waals surface area contributed by atoms with Gasteiger partial charge in [0.15, 0.2) is 0 Å². The van der Waals surface area contributed by atoms with E-state index in [0.717, 1.165) is 31.9 Å². The topological polar surface area (TPSA) is 21.3 Å². The quantitative estimate of drug-likeness (QED) is 0.823. The fourth-order valence-corrected chi connectivity index (χ4v) is 3.26. The van der Waals surface area contributed by atoms with E-state index in [9.17, 15) is 4.39 Å². The molecular formula is C14H26FNO. The Kier molecular flexibility index (Phi) is 4.42. The molecule has 0 spiro atoms. The summed E-state index contributed by atoms with van der Waals surface area (Å²) in [6.45, 7) is 6.37. The number of hydrogen-bond acceptors (Lipinski definition) is 2. The second kappa shape index (κ2) is 5.66. The van der Waals surface area contributed by atoms with Crippen molar-refractivity contribution in [2.45, 2.75) is 57.7 Å². The Morgan fingerprint density at radius 3 is 2.59 bits per heavy atom.